The average Bonchev–Trinajstić information content (AvgIpc) is 2.40. The third-order valence-electron chi connectivity index (χ3n) is 2.94. The molecule has 1 atom stereocenters. The zero-order valence-corrected chi connectivity index (χ0v) is 11.0. The van der Waals surface area contributed by atoms with Crippen molar-refractivity contribution in [3.8, 4) is 5.75 Å². The molecule has 18 heavy (non-hydrogen) atoms. The maximum Gasteiger partial charge on any atom is 0.124 e. The van der Waals surface area contributed by atoms with E-state index in [1.54, 1.807) is 7.11 Å². The molecule has 94 valence electrons. The highest BCUT2D eigenvalue weighted by atomic mass is 16.5. The second-order valence-corrected chi connectivity index (χ2v) is 4.17. The number of nitrogens with one attached hydrogen (secondary N) is 1. The Hall–Kier alpha value is -1.87. The fraction of sp³-hybridized carbons (Fsp3) is 0.267. The fourth-order valence-corrected chi connectivity index (χ4v) is 2.09. The summed E-state index contributed by atoms with van der Waals surface area (Å²) in [5, 5.41) is 3.29. The molecule has 1 aromatic carbocycles. The second kappa shape index (κ2) is 5.65. The molecule has 2 rings (SSSR count). The molecule has 1 unspecified atom stereocenters. The standard InChI is InChI=1S/C15H18N2O/c1-11-7-6-9-13(17-11)15(16-2)12-8-4-5-10-14(12)18-3/h4-10,15-16H,1-3H3. The number of nitrogens with zero attached hydrogens (tertiary/aromatic N) is 1. The molecule has 0 amide bonds. The Kier molecular flexibility index (Phi) is 3.95. The molecule has 0 aliphatic heterocycles. The minimum Gasteiger partial charge on any atom is -0.496 e. The molecular formula is C15H18N2O. The van der Waals surface area contributed by atoms with Crippen molar-refractivity contribution in [3.05, 3.63) is 59.4 Å². The topological polar surface area (TPSA) is 34.2 Å². The smallest absolute Gasteiger partial charge is 0.124 e. The third kappa shape index (κ3) is 2.51. The van der Waals surface area contributed by atoms with Crippen LogP contribution in [0.25, 0.3) is 0 Å². The zero-order chi connectivity index (χ0) is 13.0. The Bertz CT molecular complexity index is 525. The van der Waals surface area contributed by atoms with Crippen LogP contribution in [0.5, 0.6) is 5.75 Å². The largest absolute Gasteiger partial charge is 0.496 e. The second-order valence-electron chi connectivity index (χ2n) is 4.17. The van der Waals surface area contributed by atoms with Gasteiger partial charge in [-0.15, -0.1) is 0 Å². The molecule has 0 bridgehead atoms. The third-order valence-corrected chi connectivity index (χ3v) is 2.94. The molecule has 2 aromatic rings. The van der Waals surface area contributed by atoms with Crippen LogP contribution in [-0.2, 0) is 0 Å². The first-order valence-corrected chi connectivity index (χ1v) is 6.00. The minimum absolute atomic E-state index is 0.0426. The molecule has 0 aliphatic carbocycles. The highest BCUT2D eigenvalue weighted by molar-refractivity contribution is 5.40. The van der Waals surface area contributed by atoms with E-state index in [-0.39, 0.29) is 6.04 Å². The molecule has 0 aliphatic rings. The Morgan fingerprint density at radius 2 is 1.89 bits per heavy atom. The number of benzene rings is 1. The first-order valence-electron chi connectivity index (χ1n) is 6.00. The normalized spacial score (nSPS) is 12.2. The lowest BCUT2D eigenvalue weighted by atomic mass is 10.0. The van der Waals surface area contributed by atoms with Gasteiger partial charge in [-0.25, -0.2) is 0 Å². The van der Waals surface area contributed by atoms with Gasteiger partial charge in [0.05, 0.1) is 18.8 Å². The molecule has 0 saturated heterocycles. The number of aryl methyl sites for hydroxylation is 1. The Balaban J connectivity index is 2.45. The average molecular weight is 242 g/mol. The van der Waals surface area contributed by atoms with E-state index >= 15 is 0 Å². The van der Waals surface area contributed by atoms with Crippen molar-refractivity contribution >= 4 is 0 Å². The summed E-state index contributed by atoms with van der Waals surface area (Å²) >= 11 is 0. The Morgan fingerprint density at radius 1 is 1.11 bits per heavy atom. The lowest BCUT2D eigenvalue weighted by molar-refractivity contribution is 0.405. The summed E-state index contributed by atoms with van der Waals surface area (Å²) in [5.41, 5.74) is 3.12. The number of ether oxygens (including phenoxy) is 1. The monoisotopic (exact) mass is 242 g/mol. The van der Waals surface area contributed by atoms with E-state index in [1.165, 1.54) is 0 Å². The maximum absolute atomic E-state index is 5.41. The van der Waals surface area contributed by atoms with Gasteiger partial charge in [0.15, 0.2) is 0 Å². The minimum atomic E-state index is 0.0426. The van der Waals surface area contributed by atoms with Crippen molar-refractivity contribution < 1.29 is 4.74 Å². The molecule has 1 N–H and O–H groups in total. The molecule has 0 fully saturated rings. The Labute approximate surface area is 108 Å². The van der Waals surface area contributed by atoms with Crippen LogP contribution in [-0.4, -0.2) is 19.1 Å². The van der Waals surface area contributed by atoms with Crippen LogP contribution in [0.3, 0.4) is 0 Å². The van der Waals surface area contributed by atoms with Crippen molar-refractivity contribution in [3.63, 3.8) is 0 Å². The van der Waals surface area contributed by atoms with Crippen LogP contribution in [0.4, 0.5) is 0 Å². The van der Waals surface area contributed by atoms with Crippen molar-refractivity contribution in [2.75, 3.05) is 14.2 Å². The molecular weight excluding hydrogens is 224 g/mol. The van der Waals surface area contributed by atoms with Crippen molar-refractivity contribution in [1.82, 2.24) is 10.3 Å². The van der Waals surface area contributed by atoms with E-state index < -0.39 is 0 Å². The molecule has 0 radical (unpaired) electrons. The van der Waals surface area contributed by atoms with Gasteiger partial charge in [0.25, 0.3) is 0 Å². The number of para-hydroxylation sites is 1. The quantitative estimate of drug-likeness (QED) is 0.895. The van der Waals surface area contributed by atoms with Crippen molar-refractivity contribution in [2.45, 2.75) is 13.0 Å². The number of aromatic nitrogens is 1. The summed E-state index contributed by atoms with van der Waals surface area (Å²) in [5.74, 6) is 0.875. The van der Waals surface area contributed by atoms with E-state index in [0.29, 0.717) is 0 Å². The van der Waals surface area contributed by atoms with Crippen LogP contribution in [0, 0.1) is 6.92 Å². The van der Waals surface area contributed by atoms with E-state index in [4.69, 9.17) is 4.74 Å². The van der Waals surface area contributed by atoms with E-state index in [9.17, 15) is 0 Å². The Morgan fingerprint density at radius 3 is 2.56 bits per heavy atom. The molecule has 1 aromatic heterocycles. The molecule has 1 heterocycles. The maximum atomic E-state index is 5.41. The van der Waals surface area contributed by atoms with Crippen LogP contribution >= 0.6 is 0 Å². The van der Waals surface area contributed by atoms with Crippen LogP contribution < -0.4 is 10.1 Å². The van der Waals surface area contributed by atoms with Gasteiger partial charge in [-0.1, -0.05) is 24.3 Å². The number of pyridine rings is 1. The highest BCUT2D eigenvalue weighted by Gasteiger charge is 2.17. The summed E-state index contributed by atoms with van der Waals surface area (Å²) in [4.78, 5) is 4.58. The van der Waals surface area contributed by atoms with Gasteiger partial charge in [-0.3, -0.25) is 4.98 Å². The van der Waals surface area contributed by atoms with Gasteiger partial charge in [0, 0.05) is 11.3 Å². The summed E-state index contributed by atoms with van der Waals surface area (Å²) in [7, 11) is 3.62. The van der Waals surface area contributed by atoms with Gasteiger partial charge < -0.3 is 10.1 Å². The van der Waals surface area contributed by atoms with Crippen molar-refractivity contribution in [2.24, 2.45) is 0 Å². The first kappa shape index (κ1) is 12.6. The van der Waals surface area contributed by atoms with Gasteiger partial charge in [-0.05, 0) is 32.2 Å². The summed E-state index contributed by atoms with van der Waals surface area (Å²) in [6.07, 6.45) is 0. The van der Waals surface area contributed by atoms with E-state index in [1.807, 2.05) is 50.4 Å². The first-order chi connectivity index (χ1) is 8.76. The summed E-state index contributed by atoms with van der Waals surface area (Å²) < 4.78 is 5.41. The van der Waals surface area contributed by atoms with E-state index in [0.717, 1.165) is 22.7 Å². The van der Waals surface area contributed by atoms with E-state index in [2.05, 4.69) is 16.4 Å². The molecule has 0 spiro atoms. The van der Waals surface area contributed by atoms with Gasteiger partial charge in [0.2, 0.25) is 0 Å². The van der Waals surface area contributed by atoms with Crippen LogP contribution in [0.2, 0.25) is 0 Å². The fourth-order valence-electron chi connectivity index (χ4n) is 2.09. The van der Waals surface area contributed by atoms with Gasteiger partial charge in [-0.2, -0.15) is 0 Å². The number of methoxy groups -OCH3 is 1. The number of rotatable bonds is 4. The van der Waals surface area contributed by atoms with Crippen molar-refractivity contribution in [1.29, 1.82) is 0 Å². The lowest BCUT2D eigenvalue weighted by Gasteiger charge is -2.19. The predicted molar refractivity (Wildman–Crippen MR) is 72.9 cm³/mol. The summed E-state index contributed by atoms with van der Waals surface area (Å²) in [6.45, 7) is 2.00. The SMILES string of the molecule is CNC(c1cccc(C)n1)c1ccccc1OC. The van der Waals surface area contributed by atoms with Crippen LogP contribution in [0.1, 0.15) is 23.0 Å². The molecule has 3 heteroatoms. The highest BCUT2D eigenvalue weighted by Crippen LogP contribution is 2.28. The van der Waals surface area contributed by atoms with Crippen LogP contribution in [0.15, 0.2) is 42.5 Å². The van der Waals surface area contributed by atoms with Gasteiger partial charge in [0.1, 0.15) is 5.75 Å². The van der Waals surface area contributed by atoms with Gasteiger partial charge >= 0.3 is 0 Å². The molecule has 3 nitrogen and oxygen atoms in total. The lowest BCUT2D eigenvalue weighted by Crippen LogP contribution is -2.19. The number of hydrogen-bond donors (Lipinski definition) is 1. The number of hydrogen-bond acceptors (Lipinski definition) is 3. The summed E-state index contributed by atoms with van der Waals surface area (Å²) in [6, 6.07) is 14.1. The molecule has 0 saturated carbocycles. The predicted octanol–water partition coefficient (Wildman–Crippen LogP) is 2.71. The zero-order valence-electron chi connectivity index (χ0n) is 11.0.